The molecule has 1 heterocycles. The Balaban J connectivity index is 1.60. The van der Waals surface area contributed by atoms with Crippen LogP contribution in [0.2, 0.25) is 0 Å². The molecular formula is C18H18N2O4. The van der Waals surface area contributed by atoms with E-state index in [0.717, 1.165) is 5.76 Å². The molecule has 1 aromatic carbocycles. The zero-order chi connectivity index (χ0) is 16.9. The quantitative estimate of drug-likeness (QED) is 0.825. The van der Waals surface area contributed by atoms with E-state index >= 15 is 0 Å². The second-order valence-corrected chi connectivity index (χ2v) is 5.56. The van der Waals surface area contributed by atoms with Crippen molar-refractivity contribution in [2.45, 2.75) is 18.8 Å². The first-order chi connectivity index (χ1) is 11.7. The van der Waals surface area contributed by atoms with Crippen LogP contribution in [-0.2, 0) is 4.79 Å². The van der Waals surface area contributed by atoms with Crippen LogP contribution < -0.4 is 15.6 Å². The van der Waals surface area contributed by atoms with Crippen molar-refractivity contribution < 1.29 is 18.7 Å². The number of carbonyl (C=O) groups is 2. The topological polar surface area (TPSA) is 80.6 Å². The van der Waals surface area contributed by atoms with Crippen molar-refractivity contribution in [3.05, 3.63) is 65.8 Å². The van der Waals surface area contributed by atoms with Gasteiger partial charge in [0.25, 0.3) is 5.91 Å². The molecule has 1 aliphatic rings. The van der Waals surface area contributed by atoms with E-state index in [9.17, 15) is 9.59 Å². The summed E-state index contributed by atoms with van der Waals surface area (Å²) in [7, 11) is 1.57. The fourth-order valence-electron chi connectivity index (χ4n) is 2.66. The predicted octanol–water partition coefficient (Wildman–Crippen LogP) is 2.55. The maximum atomic E-state index is 12.1. The van der Waals surface area contributed by atoms with E-state index in [1.54, 1.807) is 43.7 Å². The Morgan fingerprint density at radius 2 is 2.00 bits per heavy atom. The number of amides is 1. The van der Waals surface area contributed by atoms with Crippen LogP contribution in [0.5, 0.6) is 5.75 Å². The van der Waals surface area contributed by atoms with Gasteiger partial charge in [-0.25, -0.2) is 0 Å². The number of allylic oxidation sites excluding steroid dienone is 2. The number of hydrazine groups is 1. The van der Waals surface area contributed by atoms with Gasteiger partial charge in [-0.2, -0.15) is 0 Å². The van der Waals surface area contributed by atoms with Crippen LogP contribution in [0.4, 0.5) is 0 Å². The van der Waals surface area contributed by atoms with Crippen LogP contribution in [0.3, 0.4) is 0 Å². The molecule has 124 valence electrons. The Kier molecular flexibility index (Phi) is 4.65. The van der Waals surface area contributed by atoms with E-state index in [-0.39, 0.29) is 17.6 Å². The smallest absolute Gasteiger partial charge is 0.269 e. The molecule has 1 amide bonds. The van der Waals surface area contributed by atoms with Gasteiger partial charge >= 0.3 is 0 Å². The number of nitrogens with one attached hydrogen (secondary N) is 2. The summed E-state index contributed by atoms with van der Waals surface area (Å²) in [6, 6.07) is 10.4. The second kappa shape index (κ2) is 7.04. The summed E-state index contributed by atoms with van der Waals surface area (Å²) in [4.78, 5) is 24.0. The lowest BCUT2D eigenvalue weighted by Gasteiger charge is -2.21. The van der Waals surface area contributed by atoms with Gasteiger partial charge < -0.3 is 14.6 Å². The van der Waals surface area contributed by atoms with Gasteiger partial charge in [0.2, 0.25) is 0 Å². The number of methoxy groups -OCH3 is 1. The molecule has 2 N–H and O–H groups in total. The molecule has 1 aromatic heterocycles. The Morgan fingerprint density at radius 1 is 1.21 bits per heavy atom. The van der Waals surface area contributed by atoms with Crippen molar-refractivity contribution in [1.29, 1.82) is 0 Å². The average molecular weight is 326 g/mol. The van der Waals surface area contributed by atoms with Crippen LogP contribution in [0.25, 0.3) is 0 Å². The van der Waals surface area contributed by atoms with Crippen LogP contribution in [0.15, 0.2) is 58.9 Å². The highest BCUT2D eigenvalue weighted by Crippen LogP contribution is 2.30. The molecule has 0 unspecified atom stereocenters. The Hall–Kier alpha value is -3.02. The van der Waals surface area contributed by atoms with Crippen molar-refractivity contribution in [3.8, 4) is 5.75 Å². The molecule has 0 saturated carbocycles. The fraction of sp³-hybridized carbons (Fsp3) is 0.222. The zero-order valence-corrected chi connectivity index (χ0v) is 13.2. The van der Waals surface area contributed by atoms with Crippen LogP contribution in [0.1, 0.15) is 34.9 Å². The second-order valence-electron chi connectivity index (χ2n) is 5.56. The normalized spacial score (nSPS) is 17.1. The first kappa shape index (κ1) is 15.9. The van der Waals surface area contributed by atoms with E-state index in [4.69, 9.17) is 9.15 Å². The highest BCUT2D eigenvalue weighted by atomic mass is 16.5. The van der Waals surface area contributed by atoms with Gasteiger partial charge in [0.05, 0.1) is 13.4 Å². The lowest BCUT2D eigenvalue weighted by Crippen LogP contribution is -2.38. The maximum Gasteiger partial charge on any atom is 0.269 e. The lowest BCUT2D eigenvalue weighted by atomic mass is 9.89. The summed E-state index contributed by atoms with van der Waals surface area (Å²) in [5.74, 6) is 1.16. The first-order valence-electron chi connectivity index (χ1n) is 7.63. The number of ether oxygens (including phenoxy) is 1. The van der Waals surface area contributed by atoms with Crippen LogP contribution in [0, 0.1) is 0 Å². The number of benzene rings is 1. The standard InChI is InChI=1S/C18H18N2O4/c1-23-16-6-4-12(5-7-16)18(22)20-19-14-9-13(10-15(21)11-14)17-3-2-8-24-17/h2-8,11,13,19H,9-10H2,1H3,(H,20,22)/t13-/m0/s1. The fourth-order valence-corrected chi connectivity index (χ4v) is 2.66. The average Bonchev–Trinajstić information content (AvgIpc) is 3.14. The SMILES string of the molecule is COc1ccc(C(=O)NNC2=CC(=O)C[C@@H](c3ccco3)C2)cc1. The molecule has 0 radical (unpaired) electrons. The summed E-state index contributed by atoms with van der Waals surface area (Å²) in [6.45, 7) is 0. The summed E-state index contributed by atoms with van der Waals surface area (Å²) in [5, 5.41) is 0. The first-order valence-corrected chi connectivity index (χ1v) is 7.63. The van der Waals surface area contributed by atoms with Crippen molar-refractivity contribution in [2.24, 2.45) is 0 Å². The Labute approximate surface area is 139 Å². The van der Waals surface area contributed by atoms with E-state index in [0.29, 0.717) is 29.9 Å². The van der Waals surface area contributed by atoms with Crippen molar-refractivity contribution in [2.75, 3.05) is 7.11 Å². The molecule has 6 nitrogen and oxygen atoms in total. The van der Waals surface area contributed by atoms with Gasteiger partial charge in [-0.05, 0) is 42.8 Å². The molecule has 0 saturated heterocycles. The number of hydrogen-bond donors (Lipinski definition) is 2. The van der Waals surface area contributed by atoms with Crippen LogP contribution in [-0.4, -0.2) is 18.8 Å². The summed E-state index contributed by atoms with van der Waals surface area (Å²) in [5.41, 5.74) is 6.61. The van der Waals surface area contributed by atoms with E-state index in [2.05, 4.69) is 10.9 Å². The Morgan fingerprint density at radius 3 is 2.67 bits per heavy atom. The molecule has 0 bridgehead atoms. The predicted molar refractivity (Wildman–Crippen MR) is 87.4 cm³/mol. The van der Waals surface area contributed by atoms with Crippen molar-refractivity contribution in [3.63, 3.8) is 0 Å². The molecular weight excluding hydrogens is 308 g/mol. The number of hydrogen-bond acceptors (Lipinski definition) is 5. The number of furan rings is 1. The molecule has 24 heavy (non-hydrogen) atoms. The number of rotatable bonds is 5. The highest BCUT2D eigenvalue weighted by Gasteiger charge is 2.24. The largest absolute Gasteiger partial charge is 0.497 e. The molecule has 2 aromatic rings. The van der Waals surface area contributed by atoms with Gasteiger partial charge in [-0.15, -0.1) is 0 Å². The van der Waals surface area contributed by atoms with Gasteiger partial charge in [0, 0.05) is 29.7 Å². The third-order valence-electron chi connectivity index (χ3n) is 3.88. The summed E-state index contributed by atoms with van der Waals surface area (Å²) in [6.07, 6.45) is 4.12. The molecule has 0 fully saturated rings. The Bertz CT molecular complexity index is 748. The van der Waals surface area contributed by atoms with Gasteiger partial charge in [0.1, 0.15) is 11.5 Å². The molecule has 1 aliphatic carbocycles. The monoisotopic (exact) mass is 326 g/mol. The maximum absolute atomic E-state index is 12.1. The molecule has 0 aliphatic heterocycles. The van der Waals surface area contributed by atoms with E-state index in [1.807, 2.05) is 6.07 Å². The van der Waals surface area contributed by atoms with Crippen molar-refractivity contribution in [1.82, 2.24) is 10.9 Å². The minimum Gasteiger partial charge on any atom is -0.497 e. The zero-order valence-electron chi connectivity index (χ0n) is 13.2. The summed E-state index contributed by atoms with van der Waals surface area (Å²) < 4.78 is 10.4. The van der Waals surface area contributed by atoms with Gasteiger partial charge in [-0.3, -0.25) is 15.0 Å². The van der Waals surface area contributed by atoms with Gasteiger partial charge in [-0.1, -0.05) is 0 Å². The minimum absolute atomic E-state index is 0.00356. The van der Waals surface area contributed by atoms with E-state index in [1.165, 1.54) is 6.08 Å². The van der Waals surface area contributed by atoms with E-state index < -0.39 is 0 Å². The minimum atomic E-state index is -0.286. The molecule has 1 atom stereocenters. The lowest BCUT2D eigenvalue weighted by molar-refractivity contribution is -0.115. The molecule has 0 spiro atoms. The van der Waals surface area contributed by atoms with Crippen molar-refractivity contribution >= 4 is 11.7 Å². The van der Waals surface area contributed by atoms with Gasteiger partial charge in [0.15, 0.2) is 5.78 Å². The molecule has 6 heteroatoms. The third kappa shape index (κ3) is 3.65. The highest BCUT2D eigenvalue weighted by molar-refractivity contribution is 5.94. The number of ketones is 1. The summed E-state index contributed by atoms with van der Waals surface area (Å²) >= 11 is 0. The number of carbonyl (C=O) groups excluding carboxylic acids is 2. The molecule has 3 rings (SSSR count). The van der Waals surface area contributed by atoms with Crippen LogP contribution >= 0.6 is 0 Å². The third-order valence-corrected chi connectivity index (χ3v) is 3.88.